The highest BCUT2D eigenvalue weighted by atomic mass is 15.3. The van der Waals surface area contributed by atoms with Gasteiger partial charge in [0.2, 0.25) is 0 Å². The highest BCUT2D eigenvalue weighted by molar-refractivity contribution is 5.31. The van der Waals surface area contributed by atoms with Crippen LogP contribution in [-0.2, 0) is 0 Å². The summed E-state index contributed by atoms with van der Waals surface area (Å²) in [6.45, 7) is 4.93. The predicted octanol–water partition coefficient (Wildman–Crippen LogP) is 2.21. The number of hydrogen-bond donors (Lipinski definition) is 1. The summed E-state index contributed by atoms with van der Waals surface area (Å²) >= 11 is 0. The van der Waals surface area contributed by atoms with Crippen LogP contribution in [-0.4, -0.2) is 34.3 Å². The van der Waals surface area contributed by atoms with Gasteiger partial charge in [0.15, 0.2) is 0 Å². The summed E-state index contributed by atoms with van der Waals surface area (Å²) in [5.41, 5.74) is 8.13. The van der Waals surface area contributed by atoms with Crippen molar-refractivity contribution in [2.24, 2.45) is 5.73 Å². The lowest BCUT2D eigenvalue weighted by Crippen LogP contribution is -2.35. The van der Waals surface area contributed by atoms with E-state index in [1.54, 1.807) is 0 Å². The van der Waals surface area contributed by atoms with E-state index in [1.807, 2.05) is 41.2 Å². The van der Waals surface area contributed by atoms with Gasteiger partial charge in [-0.15, -0.1) is 0 Å². The van der Waals surface area contributed by atoms with Crippen molar-refractivity contribution in [2.75, 3.05) is 13.6 Å². The van der Waals surface area contributed by atoms with E-state index in [2.05, 4.69) is 37.1 Å². The van der Waals surface area contributed by atoms with E-state index in [1.165, 1.54) is 0 Å². The molecule has 4 heteroatoms. The minimum absolute atomic E-state index is 0.206. The smallest absolute Gasteiger partial charge is 0.0645 e. The summed E-state index contributed by atoms with van der Waals surface area (Å²) in [4.78, 5) is 2.27. The monoisotopic (exact) mass is 258 g/mol. The number of aromatic nitrogens is 2. The first kappa shape index (κ1) is 13.8. The van der Waals surface area contributed by atoms with Gasteiger partial charge < -0.3 is 5.73 Å². The van der Waals surface area contributed by atoms with E-state index >= 15 is 0 Å². The number of rotatable bonds is 5. The van der Waals surface area contributed by atoms with Crippen LogP contribution in [0, 0.1) is 0 Å². The van der Waals surface area contributed by atoms with Crippen molar-refractivity contribution >= 4 is 0 Å². The molecule has 0 aliphatic carbocycles. The van der Waals surface area contributed by atoms with Crippen LogP contribution in [0.15, 0.2) is 42.7 Å². The molecule has 0 fully saturated rings. The minimum Gasteiger partial charge on any atom is -0.329 e. The third kappa shape index (κ3) is 3.03. The van der Waals surface area contributed by atoms with E-state index in [0.717, 1.165) is 11.3 Å². The molecule has 19 heavy (non-hydrogen) atoms. The molecule has 0 bridgehead atoms. The summed E-state index contributed by atoms with van der Waals surface area (Å²) in [5.74, 6) is 0. The van der Waals surface area contributed by atoms with E-state index in [-0.39, 0.29) is 6.04 Å². The third-order valence-corrected chi connectivity index (χ3v) is 3.54. The summed E-state index contributed by atoms with van der Waals surface area (Å²) in [6.07, 6.45) is 3.97. The summed E-state index contributed by atoms with van der Waals surface area (Å²) in [7, 11) is 2.10. The molecule has 2 N–H and O–H groups in total. The lowest BCUT2D eigenvalue weighted by atomic mass is 10.1. The first-order chi connectivity index (χ1) is 9.13. The number of hydrogen-bond acceptors (Lipinski definition) is 3. The molecule has 2 aromatic rings. The Morgan fingerprint density at radius 3 is 2.53 bits per heavy atom. The zero-order valence-corrected chi connectivity index (χ0v) is 11.8. The molecule has 0 aliphatic heterocycles. The molecule has 0 saturated heterocycles. The lowest BCUT2D eigenvalue weighted by molar-refractivity contribution is 0.201. The highest BCUT2D eigenvalue weighted by Crippen LogP contribution is 2.20. The van der Waals surface area contributed by atoms with E-state index in [0.29, 0.717) is 12.6 Å². The van der Waals surface area contributed by atoms with Crippen molar-refractivity contribution in [3.8, 4) is 5.69 Å². The van der Waals surface area contributed by atoms with E-state index in [9.17, 15) is 0 Å². The zero-order valence-electron chi connectivity index (χ0n) is 11.8. The molecule has 1 aromatic carbocycles. The Kier molecular flexibility index (Phi) is 4.35. The lowest BCUT2D eigenvalue weighted by Gasteiger charge is -2.29. The summed E-state index contributed by atoms with van der Waals surface area (Å²) < 4.78 is 1.90. The Morgan fingerprint density at radius 1 is 1.26 bits per heavy atom. The molecule has 0 amide bonds. The Bertz CT molecular complexity index is 504. The van der Waals surface area contributed by atoms with Crippen molar-refractivity contribution in [2.45, 2.75) is 25.9 Å². The molecule has 4 nitrogen and oxygen atoms in total. The molecular formula is C15H22N4. The van der Waals surface area contributed by atoms with Gasteiger partial charge in [0.05, 0.1) is 17.9 Å². The van der Waals surface area contributed by atoms with Crippen molar-refractivity contribution in [3.05, 3.63) is 48.3 Å². The second kappa shape index (κ2) is 5.99. The van der Waals surface area contributed by atoms with Gasteiger partial charge in [0.25, 0.3) is 0 Å². The van der Waals surface area contributed by atoms with Gasteiger partial charge >= 0.3 is 0 Å². The van der Waals surface area contributed by atoms with Crippen LogP contribution in [0.1, 0.15) is 25.5 Å². The van der Waals surface area contributed by atoms with E-state index < -0.39 is 0 Å². The molecule has 1 unspecified atom stereocenters. The van der Waals surface area contributed by atoms with Crippen molar-refractivity contribution in [3.63, 3.8) is 0 Å². The fourth-order valence-corrected chi connectivity index (χ4v) is 2.13. The molecule has 2 rings (SSSR count). The van der Waals surface area contributed by atoms with Gasteiger partial charge in [-0.2, -0.15) is 5.10 Å². The van der Waals surface area contributed by atoms with Crippen molar-refractivity contribution in [1.82, 2.24) is 14.7 Å². The van der Waals surface area contributed by atoms with Crippen LogP contribution in [0.25, 0.3) is 5.69 Å². The average molecular weight is 258 g/mol. The number of nitrogens with zero attached hydrogens (tertiary/aromatic N) is 3. The number of likely N-dealkylation sites (N-methyl/N-ethyl adjacent to an activating group) is 1. The molecule has 102 valence electrons. The predicted molar refractivity (Wildman–Crippen MR) is 78.3 cm³/mol. The molecule has 0 saturated carbocycles. The molecule has 0 radical (unpaired) electrons. The first-order valence-corrected chi connectivity index (χ1v) is 6.65. The summed E-state index contributed by atoms with van der Waals surface area (Å²) in [6, 6.07) is 10.8. The van der Waals surface area contributed by atoms with Gasteiger partial charge in [-0.25, -0.2) is 4.68 Å². The molecule has 1 heterocycles. The Morgan fingerprint density at radius 2 is 1.95 bits per heavy atom. The van der Waals surface area contributed by atoms with Gasteiger partial charge in [-0.05, 0) is 33.0 Å². The normalized spacial score (nSPS) is 13.2. The average Bonchev–Trinajstić information content (AvgIpc) is 2.90. The van der Waals surface area contributed by atoms with Gasteiger partial charge in [-0.1, -0.05) is 18.2 Å². The quantitative estimate of drug-likeness (QED) is 0.894. The van der Waals surface area contributed by atoms with Crippen LogP contribution >= 0.6 is 0 Å². The SMILES string of the molecule is CC(C)N(C)C(CN)c1cnn(-c2ccccc2)c1. The van der Waals surface area contributed by atoms with Crippen molar-refractivity contribution in [1.29, 1.82) is 0 Å². The topological polar surface area (TPSA) is 47.1 Å². The van der Waals surface area contributed by atoms with Crippen LogP contribution in [0.3, 0.4) is 0 Å². The fourth-order valence-electron chi connectivity index (χ4n) is 2.13. The van der Waals surface area contributed by atoms with Gasteiger partial charge in [0.1, 0.15) is 0 Å². The van der Waals surface area contributed by atoms with Gasteiger partial charge in [0, 0.05) is 24.3 Å². The maximum absolute atomic E-state index is 5.91. The van der Waals surface area contributed by atoms with Crippen molar-refractivity contribution < 1.29 is 0 Å². The van der Waals surface area contributed by atoms with Crippen LogP contribution in [0.2, 0.25) is 0 Å². The third-order valence-electron chi connectivity index (χ3n) is 3.54. The summed E-state index contributed by atoms with van der Waals surface area (Å²) in [5, 5.41) is 4.43. The Hall–Kier alpha value is -1.65. The largest absolute Gasteiger partial charge is 0.329 e. The second-order valence-corrected chi connectivity index (χ2v) is 5.06. The van der Waals surface area contributed by atoms with Crippen LogP contribution in [0.5, 0.6) is 0 Å². The number of benzene rings is 1. The molecular weight excluding hydrogens is 236 g/mol. The molecule has 0 aliphatic rings. The number of para-hydroxylation sites is 1. The zero-order chi connectivity index (χ0) is 13.8. The Balaban J connectivity index is 2.25. The maximum Gasteiger partial charge on any atom is 0.0645 e. The molecule has 0 spiro atoms. The van der Waals surface area contributed by atoms with Gasteiger partial charge in [-0.3, -0.25) is 4.90 Å². The second-order valence-electron chi connectivity index (χ2n) is 5.06. The maximum atomic E-state index is 5.91. The van der Waals surface area contributed by atoms with Crippen LogP contribution < -0.4 is 5.73 Å². The first-order valence-electron chi connectivity index (χ1n) is 6.65. The van der Waals surface area contributed by atoms with Crippen LogP contribution in [0.4, 0.5) is 0 Å². The molecule has 1 aromatic heterocycles. The highest BCUT2D eigenvalue weighted by Gasteiger charge is 2.19. The van der Waals surface area contributed by atoms with E-state index in [4.69, 9.17) is 5.73 Å². The standard InChI is InChI=1S/C15H22N4/c1-12(2)18(3)15(9-16)13-10-17-19(11-13)14-7-5-4-6-8-14/h4-8,10-12,15H,9,16H2,1-3H3. The Labute approximate surface area is 114 Å². The molecule has 1 atom stereocenters. The minimum atomic E-state index is 0.206. The fraction of sp³-hybridized carbons (Fsp3) is 0.400. The number of nitrogens with two attached hydrogens (primary N) is 1.